The summed E-state index contributed by atoms with van der Waals surface area (Å²) >= 11 is 0. The first-order valence-electron chi connectivity index (χ1n) is 7.33. The molecule has 0 fully saturated rings. The van der Waals surface area contributed by atoms with E-state index in [0.29, 0.717) is 5.69 Å². The van der Waals surface area contributed by atoms with E-state index in [1.165, 1.54) is 5.56 Å². The molecular formula is C18H23FN2. The van der Waals surface area contributed by atoms with Crippen LogP contribution in [0.25, 0.3) is 0 Å². The van der Waals surface area contributed by atoms with E-state index < -0.39 is 0 Å². The lowest BCUT2D eigenvalue weighted by molar-refractivity contribution is 0.605. The number of benzene rings is 2. The molecule has 1 atom stereocenters. The Kier molecular flexibility index (Phi) is 5.34. The molecule has 2 nitrogen and oxygen atoms in total. The predicted octanol–water partition coefficient (Wildman–Crippen LogP) is 3.79. The number of rotatable bonds is 6. The summed E-state index contributed by atoms with van der Waals surface area (Å²) in [7, 11) is 3.81. The zero-order valence-electron chi connectivity index (χ0n) is 12.9. The van der Waals surface area contributed by atoms with Gasteiger partial charge in [0, 0.05) is 19.6 Å². The predicted molar refractivity (Wildman–Crippen MR) is 87.3 cm³/mol. The molecule has 0 aliphatic heterocycles. The number of hydrogen-bond acceptors (Lipinski definition) is 2. The molecule has 21 heavy (non-hydrogen) atoms. The van der Waals surface area contributed by atoms with Crippen LogP contribution in [0.2, 0.25) is 0 Å². The minimum Gasteiger partial charge on any atom is -0.372 e. The van der Waals surface area contributed by atoms with Crippen LogP contribution in [0.1, 0.15) is 24.1 Å². The lowest BCUT2D eigenvalue weighted by Gasteiger charge is -2.21. The highest BCUT2D eigenvalue weighted by Gasteiger charge is 2.11. The fourth-order valence-corrected chi connectivity index (χ4v) is 2.33. The lowest BCUT2D eigenvalue weighted by Crippen LogP contribution is -2.22. The van der Waals surface area contributed by atoms with E-state index in [-0.39, 0.29) is 11.9 Å². The quantitative estimate of drug-likeness (QED) is 0.869. The van der Waals surface area contributed by atoms with Gasteiger partial charge in [-0.1, -0.05) is 36.4 Å². The van der Waals surface area contributed by atoms with Crippen molar-refractivity contribution in [2.24, 2.45) is 0 Å². The third-order valence-electron chi connectivity index (χ3n) is 3.89. The van der Waals surface area contributed by atoms with E-state index in [1.807, 2.05) is 56.3 Å². The van der Waals surface area contributed by atoms with Crippen LogP contribution >= 0.6 is 0 Å². The number of nitrogens with one attached hydrogen (secondary N) is 1. The van der Waals surface area contributed by atoms with Crippen molar-refractivity contribution in [3.8, 4) is 0 Å². The van der Waals surface area contributed by atoms with Crippen LogP contribution in [0.3, 0.4) is 0 Å². The molecule has 0 saturated carbocycles. The van der Waals surface area contributed by atoms with E-state index in [9.17, 15) is 4.39 Å². The number of hydrogen-bond donors (Lipinski definition) is 1. The highest BCUT2D eigenvalue weighted by atomic mass is 19.1. The van der Waals surface area contributed by atoms with Crippen LogP contribution < -0.4 is 10.2 Å². The maximum Gasteiger partial charge on any atom is 0.146 e. The van der Waals surface area contributed by atoms with Crippen LogP contribution in [-0.2, 0) is 6.42 Å². The summed E-state index contributed by atoms with van der Waals surface area (Å²) in [5.74, 6) is -0.162. The summed E-state index contributed by atoms with van der Waals surface area (Å²) < 4.78 is 14.3. The molecule has 1 N–H and O–H groups in total. The van der Waals surface area contributed by atoms with Gasteiger partial charge in [-0.25, -0.2) is 4.39 Å². The molecule has 0 aliphatic carbocycles. The highest BCUT2D eigenvalue weighted by Crippen LogP contribution is 2.22. The Balaban J connectivity index is 2.04. The Morgan fingerprint density at radius 2 is 1.86 bits per heavy atom. The second-order valence-corrected chi connectivity index (χ2v) is 5.38. The van der Waals surface area contributed by atoms with Gasteiger partial charge in [-0.15, -0.1) is 0 Å². The van der Waals surface area contributed by atoms with Crippen LogP contribution in [0.15, 0.2) is 48.5 Å². The number of anilines is 1. The van der Waals surface area contributed by atoms with Crippen molar-refractivity contribution in [2.45, 2.75) is 19.4 Å². The van der Waals surface area contributed by atoms with Crippen molar-refractivity contribution < 1.29 is 4.39 Å². The monoisotopic (exact) mass is 286 g/mol. The minimum absolute atomic E-state index is 0.156. The standard InChI is InChI=1S/C18H23FN2/c1-14(20-2)16-9-10-18(17(19)13-16)21(3)12-11-15-7-5-4-6-8-15/h4-10,13-14,20H,11-12H2,1-3H3. The molecule has 2 aromatic rings. The van der Waals surface area contributed by atoms with Crippen LogP contribution in [0.5, 0.6) is 0 Å². The highest BCUT2D eigenvalue weighted by molar-refractivity contribution is 5.49. The molecule has 1 unspecified atom stereocenters. The van der Waals surface area contributed by atoms with Gasteiger partial charge < -0.3 is 10.2 Å². The molecular weight excluding hydrogens is 263 g/mol. The first-order valence-corrected chi connectivity index (χ1v) is 7.33. The Morgan fingerprint density at radius 1 is 1.14 bits per heavy atom. The average Bonchev–Trinajstić information content (AvgIpc) is 2.52. The molecule has 0 bridgehead atoms. The third kappa shape index (κ3) is 4.05. The summed E-state index contributed by atoms with van der Waals surface area (Å²) in [5, 5.41) is 3.12. The van der Waals surface area contributed by atoms with Gasteiger partial charge in [0.05, 0.1) is 5.69 Å². The number of nitrogens with zero attached hydrogens (tertiary/aromatic N) is 1. The molecule has 0 radical (unpaired) electrons. The summed E-state index contributed by atoms with van der Waals surface area (Å²) in [6, 6.07) is 15.9. The third-order valence-corrected chi connectivity index (χ3v) is 3.89. The summed E-state index contributed by atoms with van der Waals surface area (Å²) in [6.07, 6.45) is 0.908. The second kappa shape index (κ2) is 7.23. The summed E-state index contributed by atoms with van der Waals surface area (Å²) in [4.78, 5) is 1.97. The Hall–Kier alpha value is -1.87. The fourth-order valence-electron chi connectivity index (χ4n) is 2.33. The van der Waals surface area contributed by atoms with Gasteiger partial charge in [0.1, 0.15) is 5.82 Å². The van der Waals surface area contributed by atoms with Crippen molar-refractivity contribution in [3.05, 3.63) is 65.5 Å². The first-order chi connectivity index (χ1) is 10.1. The molecule has 0 saturated heterocycles. The molecule has 0 spiro atoms. The molecule has 2 rings (SSSR count). The Morgan fingerprint density at radius 3 is 2.48 bits per heavy atom. The van der Waals surface area contributed by atoms with Crippen molar-refractivity contribution in [2.75, 3.05) is 25.5 Å². The average molecular weight is 286 g/mol. The first kappa shape index (κ1) is 15.5. The van der Waals surface area contributed by atoms with Gasteiger partial charge in [-0.05, 0) is 43.7 Å². The van der Waals surface area contributed by atoms with Gasteiger partial charge in [-0.3, -0.25) is 0 Å². The van der Waals surface area contributed by atoms with E-state index >= 15 is 0 Å². The largest absolute Gasteiger partial charge is 0.372 e. The number of likely N-dealkylation sites (N-methyl/N-ethyl adjacent to an activating group) is 1. The van der Waals surface area contributed by atoms with Gasteiger partial charge in [0.2, 0.25) is 0 Å². The molecule has 0 aliphatic rings. The van der Waals surface area contributed by atoms with E-state index in [2.05, 4.69) is 17.4 Å². The second-order valence-electron chi connectivity index (χ2n) is 5.38. The maximum atomic E-state index is 14.3. The van der Waals surface area contributed by atoms with Crippen molar-refractivity contribution in [3.63, 3.8) is 0 Å². The molecule has 0 heterocycles. The van der Waals surface area contributed by atoms with Crippen molar-refractivity contribution >= 4 is 5.69 Å². The van der Waals surface area contributed by atoms with Crippen LogP contribution in [0, 0.1) is 5.82 Å². The van der Waals surface area contributed by atoms with Gasteiger partial charge in [-0.2, -0.15) is 0 Å². The van der Waals surface area contributed by atoms with Gasteiger partial charge in [0.15, 0.2) is 0 Å². The minimum atomic E-state index is -0.162. The molecule has 0 aromatic heterocycles. The van der Waals surface area contributed by atoms with E-state index in [0.717, 1.165) is 18.5 Å². The lowest BCUT2D eigenvalue weighted by atomic mass is 10.1. The topological polar surface area (TPSA) is 15.3 Å². The van der Waals surface area contributed by atoms with Crippen molar-refractivity contribution in [1.82, 2.24) is 5.32 Å². The SMILES string of the molecule is CNC(C)c1ccc(N(C)CCc2ccccc2)c(F)c1. The van der Waals surface area contributed by atoms with Crippen LogP contribution in [0.4, 0.5) is 10.1 Å². The Bertz CT molecular complexity index is 569. The van der Waals surface area contributed by atoms with Crippen molar-refractivity contribution in [1.29, 1.82) is 0 Å². The molecule has 0 amide bonds. The molecule has 3 heteroatoms. The zero-order chi connectivity index (χ0) is 15.2. The normalized spacial score (nSPS) is 12.2. The zero-order valence-corrected chi connectivity index (χ0v) is 12.9. The summed E-state index contributed by atoms with van der Waals surface area (Å²) in [6.45, 7) is 2.81. The molecule has 112 valence electrons. The summed E-state index contributed by atoms with van der Waals surface area (Å²) in [5.41, 5.74) is 2.89. The smallest absolute Gasteiger partial charge is 0.146 e. The van der Waals surface area contributed by atoms with E-state index in [4.69, 9.17) is 0 Å². The maximum absolute atomic E-state index is 14.3. The number of halogens is 1. The Labute approximate surface area is 126 Å². The molecule has 2 aromatic carbocycles. The fraction of sp³-hybridized carbons (Fsp3) is 0.333. The van der Waals surface area contributed by atoms with Gasteiger partial charge >= 0.3 is 0 Å². The van der Waals surface area contributed by atoms with E-state index in [1.54, 1.807) is 6.07 Å². The van der Waals surface area contributed by atoms with Crippen LogP contribution in [-0.4, -0.2) is 20.6 Å². The van der Waals surface area contributed by atoms with Gasteiger partial charge in [0.25, 0.3) is 0 Å².